The number of hydrazine groups is 1. The normalized spacial score (nSPS) is 26.5. The molecular weight excluding hydrogens is 708 g/mol. The zero-order valence-corrected chi connectivity index (χ0v) is 29.3. The molecule has 0 radical (unpaired) electrons. The number of aromatic hydroxyl groups is 1. The smallest absolute Gasteiger partial charge is 0.260 e. The summed E-state index contributed by atoms with van der Waals surface area (Å²) in [7, 11) is 0. The summed E-state index contributed by atoms with van der Waals surface area (Å²) in [5.41, 5.74) is 3.45. The lowest BCUT2D eigenvalue weighted by molar-refractivity contribution is -0.138. The number of amides is 4. The van der Waals surface area contributed by atoms with Crippen molar-refractivity contribution in [2.45, 2.75) is 31.1 Å². The summed E-state index contributed by atoms with van der Waals surface area (Å²) < 4.78 is 19.7. The summed E-state index contributed by atoms with van der Waals surface area (Å²) in [6, 6.07) is 23.4. The van der Waals surface area contributed by atoms with Gasteiger partial charge in [0.25, 0.3) is 11.8 Å². The van der Waals surface area contributed by atoms with Crippen LogP contribution in [0.15, 0.2) is 103 Å². The van der Waals surface area contributed by atoms with Crippen molar-refractivity contribution in [3.63, 3.8) is 0 Å². The molecule has 12 heteroatoms. The molecule has 2 N–H and O–H groups in total. The van der Waals surface area contributed by atoms with Gasteiger partial charge in [-0.15, -0.1) is 0 Å². The minimum Gasteiger partial charge on any atom is -0.504 e. The Balaban J connectivity index is 1.34. The molecule has 8 rings (SSSR count). The molecule has 0 aromatic heterocycles. The molecule has 1 saturated carbocycles. The maximum atomic E-state index is 15.3. The lowest BCUT2D eigenvalue weighted by Crippen LogP contribution is -2.53. The van der Waals surface area contributed by atoms with Crippen molar-refractivity contribution < 1.29 is 33.4 Å². The predicted octanol–water partition coefficient (Wildman–Crippen LogP) is 7.43. The number of nitrogens with zero attached hydrogens (tertiary/aromatic N) is 2. The van der Waals surface area contributed by atoms with Crippen LogP contribution in [0, 0.1) is 29.5 Å². The van der Waals surface area contributed by atoms with Gasteiger partial charge in [0.1, 0.15) is 5.82 Å². The van der Waals surface area contributed by atoms with Crippen molar-refractivity contribution in [3.8, 4) is 11.5 Å². The van der Waals surface area contributed by atoms with Crippen LogP contribution in [0.4, 0.5) is 15.8 Å². The number of anilines is 2. The van der Waals surface area contributed by atoms with Crippen LogP contribution in [0.1, 0.15) is 36.8 Å². The minimum atomic E-state index is -1.65. The summed E-state index contributed by atoms with van der Waals surface area (Å²) in [5.74, 6) is -6.67. The van der Waals surface area contributed by atoms with Gasteiger partial charge in [0.05, 0.1) is 41.2 Å². The Kier molecular flexibility index (Phi) is 8.34. The number of ether oxygens (including phenoxy) is 1. The molecule has 3 fully saturated rings. The van der Waals surface area contributed by atoms with E-state index in [1.165, 1.54) is 29.2 Å². The fourth-order valence-corrected chi connectivity index (χ4v) is 9.14. The number of hydrogen-bond donors (Lipinski definition) is 2. The van der Waals surface area contributed by atoms with E-state index in [1.807, 2.05) is 6.08 Å². The van der Waals surface area contributed by atoms with E-state index >= 15 is 4.79 Å². The van der Waals surface area contributed by atoms with Gasteiger partial charge in [-0.1, -0.05) is 59.1 Å². The van der Waals surface area contributed by atoms with Crippen LogP contribution in [-0.4, -0.2) is 40.4 Å². The van der Waals surface area contributed by atoms with E-state index < -0.39 is 58.5 Å². The summed E-state index contributed by atoms with van der Waals surface area (Å²) in [5, 5.41) is 13.7. The number of imide groups is 2. The molecule has 0 unspecified atom stereocenters. The van der Waals surface area contributed by atoms with E-state index in [2.05, 4.69) is 5.43 Å². The van der Waals surface area contributed by atoms with Gasteiger partial charge in [0.2, 0.25) is 11.8 Å². The number of hydrogen-bond acceptors (Lipinski definition) is 7. The summed E-state index contributed by atoms with van der Waals surface area (Å²) in [6.45, 7) is 2.04. The van der Waals surface area contributed by atoms with Gasteiger partial charge in [0, 0.05) is 21.5 Å². The first-order chi connectivity index (χ1) is 25.1. The van der Waals surface area contributed by atoms with E-state index in [4.69, 9.17) is 27.9 Å². The van der Waals surface area contributed by atoms with E-state index in [0.717, 1.165) is 5.01 Å². The van der Waals surface area contributed by atoms with Gasteiger partial charge in [-0.05, 0) is 98.0 Å². The quantitative estimate of drug-likeness (QED) is 0.150. The van der Waals surface area contributed by atoms with Crippen LogP contribution in [0.25, 0.3) is 0 Å². The monoisotopic (exact) mass is 739 g/mol. The average molecular weight is 741 g/mol. The molecule has 52 heavy (non-hydrogen) atoms. The van der Waals surface area contributed by atoms with Crippen molar-refractivity contribution in [3.05, 3.63) is 130 Å². The first-order valence-electron chi connectivity index (χ1n) is 17.0. The predicted molar refractivity (Wildman–Crippen MR) is 192 cm³/mol. The zero-order chi connectivity index (χ0) is 36.5. The second kappa shape index (κ2) is 12.8. The van der Waals surface area contributed by atoms with Crippen LogP contribution < -0.4 is 15.1 Å². The van der Waals surface area contributed by atoms with Crippen molar-refractivity contribution in [1.29, 1.82) is 0 Å². The second-order valence-corrected chi connectivity index (χ2v) is 14.4. The first-order valence-corrected chi connectivity index (χ1v) is 17.8. The minimum absolute atomic E-state index is 0.0533. The van der Waals surface area contributed by atoms with Gasteiger partial charge in [-0.2, -0.15) is 5.01 Å². The maximum absolute atomic E-state index is 15.3. The topological polar surface area (TPSA) is 116 Å². The van der Waals surface area contributed by atoms with Gasteiger partial charge in [0.15, 0.2) is 11.5 Å². The number of carbonyl (C=O) groups excluding carboxylic acids is 4. The van der Waals surface area contributed by atoms with Crippen LogP contribution >= 0.6 is 23.2 Å². The maximum Gasteiger partial charge on any atom is 0.260 e. The highest BCUT2D eigenvalue weighted by Gasteiger charge is 2.70. The lowest BCUT2D eigenvalue weighted by Gasteiger charge is -2.50. The first kappa shape index (κ1) is 33.9. The molecule has 264 valence electrons. The van der Waals surface area contributed by atoms with E-state index in [-0.39, 0.29) is 36.9 Å². The number of phenolic OH excluding ortho intramolecular Hbond substituents is 1. The van der Waals surface area contributed by atoms with Crippen molar-refractivity contribution >= 4 is 58.2 Å². The van der Waals surface area contributed by atoms with Crippen molar-refractivity contribution in [2.75, 3.05) is 16.9 Å². The molecule has 4 aromatic carbocycles. The number of nitrogens with one attached hydrogen (secondary N) is 1. The van der Waals surface area contributed by atoms with Crippen LogP contribution in [0.3, 0.4) is 0 Å². The third-order valence-electron chi connectivity index (χ3n) is 11.0. The number of rotatable bonds is 7. The van der Waals surface area contributed by atoms with Gasteiger partial charge >= 0.3 is 0 Å². The van der Waals surface area contributed by atoms with Crippen LogP contribution in [-0.2, 0) is 24.6 Å². The highest BCUT2D eigenvalue weighted by molar-refractivity contribution is 6.31. The largest absolute Gasteiger partial charge is 0.504 e. The molecule has 4 amide bonds. The Morgan fingerprint density at radius 1 is 0.865 bits per heavy atom. The van der Waals surface area contributed by atoms with E-state index in [9.17, 15) is 23.9 Å². The Labute approximate surface area is 308 Å². The lowest BCUT2D eigenvalue weighted by atomic mass is 9.49. The summed E-state index contributed by atoms with van der Waals surface area (Å²) in [6.07, 6.45) is 2.16. The fraction of sp³-hybridized carbons (Fsp3) is 0.250. The Hall–Kier alpha value is -5.19. The number of phenols is 1. The Morgan fingerprint density at radius 2 is 1.54 bits per heavy atom. The SMILES string of the molecule is CCOc1cccc([C@H]2C3=CC[C@@H]4C(=O)N(c5ccc(Cl)cc5)C(=O)[C@@H]4[C@@H]3C[C@H]3C(=O)N(Nc4ccc(F)cc4)C(=O)[C@@]23c2ccc(Cl)cc2)c1O. The van der Waals surface area contributed by atoms with Crippen molar-refractivity contribution in [2.24, 2.45) is 23.7 Å². The van der Waals surface area contributed by atoms with Crippen LogP contribution in [0.2, 0.25) is 10.0 Å². The Bertz CT molecular complexity index is 2160. The van der Waals surface area contributed by atoms with Crippen LogP contribution in [0.5, 0.6) is 11.5 Å². The summed E-state index contributed by atoms with van der Waals surface area (Å²) in [4.78, 5) is 59.7. The fourth-order valence-electron chi connectivity index (χ4n) is 8.89. The number of allylic oxidation sites excluding steroid dienone is 2. The number of carbonyl (C=O) groups is 4. The molecule has 4 aromatic rings. The highest BCUT2D eigenvalue weighted by atomic mass is 35.5. The average Bonchev–Trinajstić information content (AvgIpc) is 3.52. The second-order valence-electron chi connectivity index (χ2n) is 13.5. The number of benzene rings is 4. The Morgan fingerprint density at radius 3 is 2.21 bits per heavy atom. The van der Waals surface area contributed by atoms with E-state index in [1.54, 1.807) is 73.7 Å². The third-order valence-corrected chi connectivity index (χ3v) is 11.5. The number of fused-ring (bicyclic) bond motifs is 4. The zero-order valence-electron chi connectivity index (χ0n) is 27.8. The molecule has 4 aliphatic rings. The molecule has 9 nitrogen and oxygen atoms in total. The van der Waals surface area contributed by atoms with E-state index in [0.29, 0.717) is 38.1 Å². The van der Waals surface area contributed by atoms with Crippen molar-refractivity contribution in [1.82, 2.24) is 5.01 Å². The molecule has 6 atom stereocenters. The summed E-state index contributed by atoms with van der Waals surface area (Å²) >= 11 is 12.5. The standard InChI is InChI=1S/C40H32Cl2FN3O6/c1-2-52-32-5-3-4-29(35(32)47)34-27-18-19-28-33(38(50)45(36(28)48)26-16-10-23(42)11-17-26)30(27)20-31-37(49)46(44-25-14-12-24(43)13-15-25)39(51)40(31,34)21-6-8-22(41)9-7-21/h3-18,28,30-31,33-34,44,47H,2,19-20H2,1H3/t28-,30+,31-,33-,34+,40+/m0/s1. The molecule has 0 bridgehead atoms. The molecule has 2 aliphatic heterocycles. The van der Waals surface area contributed by atoms with Gasteiger partial charge in [-0.3, -0.25) is 29.5 Å². The molecule has 2 aliphatic carbocycles. The van der Waals surface area contributed by atoms with Gasteiger partial charge < -0.3 is 9.84 Å². The highest BCUT2D eigenvalue weighted by Crippen LogP contribution is 2.65. The molecular formula is C40H32Cl2FN3O6. The number of halogens is 3. The molecule has 2 saturated heterocycles. The number of para-hydroxylation sites is 1. The molecule has 2 heterocycles. The van der Waals surface area contributed by atoms with Gasteiger partial charge in [-0.25, -0.2) is 4.39 Å². The molecule has 0 spiro atoms. The third kappa shape index (κ3) is 5.03.